The van der Waals surface area contributed by atoms with Gasteiger partial charge in [-0.15, -0.1) is 0 Å². The highest BCUT2D eigenvalue weighted by Crippen LogP contribution is 2.02. The Morgan fingerprint density at radius 2 is 1.75 bits per heavy atom. The second-order valence-corrected chi connectivity index (χ2v) is 3.90. The van der Waals surface area contributed by atoms with Crippen molar-refractivity contribution in [2.45, 2.75) is 33.1 Å². The molecule has 0 bridgehead atoms. The zero-order chi connectivity index (χ0) is 12.4. The van der Waals surface area contributed by atoms with Crippen molar-refractivity contribution >= 4 is 11.9 Å². The van der Waals surface area contributed by atoms with Crippen LogP contribution in [0.3, 0.4) is 0 Å². The molecule has 0 aliphatic heterocycles. The van der Waals surface area contributed by atoms with Gasteiger partial charge in [0.05, 0.1) is 13.2 Å². The zero-order valence-electron chi connectivity index (χ0n) is 10.0. The molecule has 0 atom stereocenters. The molecule has 0 N–H and O–H groups in total. The van der Waals surface area contributed by atoms with Crippen LogP contribution in [0.4, 0.5) is 0 Å². The van der Waals surface area contributed by atoms with Crippen molar-refractivity contribution < 1.29 is 19.1 Å². The highest BCUT2D eigenvalue weighted by Gasteiger charge is 2.05. The second-order valence-electron chi connectivity index (χ2n) is 3.90. The van der Waals surface area contributed by atoms with Crippen LogP contribution in [0.5, 0.6) is 0 Å². The summed E-state index contributed by atoms with van der Waals surface area (Å²) in [6, 6.07) is 0. The minimum absolute atomic E-state index is 0.168. The molecule has 0 radical (unpaired) electrons. The molecule has 0 aliphatic carbocycles. The van der Waals surface area contributed by atoms with Gasteiger partial charge in [0.1, 0.15) is 0 Å². The monoisotopic (exact) mass is 228 g/mol. The van der Waals surface area contributed by atoms with E-state index in [1.165, 1.54) is 0 Å². The van der Waals surface area contributed by atoms with Crippen molar-refractivity contribution in [3.05, 3.63) is 12.7 Å². The van der Waals surface area contributed by atoms with Gasteiger partial charge in [0.2, 0.25) is 0 Å². The van der Waals surface area contributed by atoms with Gasteiger partial charge in [0, 0.05) is 12.5 Å². The molecule has 0 fully saturated rings. The Bertz CT molecular complexity index is 233. The lowest BCUT2D eigenvalue weighted by Crippen LogP contribution is -2.09. The lowest BCUT2D eigenvalue weighted by Gasteiger charge is -2.06. The number of esters is 2. The van der Waals surface area contributed by atoms with Gasteiger partial charge in [-0.1, -0.05) is 20.4 Å². The summed E-state index contributed by atoms with van der Waals surface area (Å²) in [7, 11) is 0. The normalized spacial score (nSPS) is 9.94. The van der Waals surface area contributed by atoms with Crippen LogP contribution in [-0.4, -0.2) is 25.2 Å². The number of hydrogen-bond donors (Lipinski definition) is 0. The predicted octanol–water partition coefficient (Wildman–Crippen LogP) is 2.09. The molecule has 0 saturated heterocycles. The van der Waals surface area contributed by atoms with Crippen molar-refractivity contribution in [2.24, 2.45) is 5.92 Å². The molecule has 0 unspecified atom stereocenters. The van der Waals surface area contributed by atoms with Crippen LogP contribution in [-0.2, 0) is 19.1 Å². The summed E-state index contributed by atoms with van der Waals surface area (Å²) in [6.07, 6.45) is 2.97. The van der Waals surface area contributed by atoms with E-state index in [0.717, 1.165) is 6.08 Å². The minimum atomic E-state index is -0.420. The van der Waals surface area contributed by atoms with Gasteiger partial charge in [-0.05, 0) is 18.8 Å². The highest BCUT2D eigenvalue weighted by molar-refractivity contribution is 5.81. The molecule has 0 aromatic carbocycles. The number of unbranched alkanes of at least 4 members (excludes halogenated alkanes) is 1. The fraction of sp³-hybridized carbons (Fsp3) is 0.667. The summed E-state index contributed by atoms with van der Waals surface area (Å²) in [4.78, 5) is 21.8. The number of carbonyl (C=O) groups is 2. The molecule has 4 nitrogen and oxygen atoms in total. The number of hydrogen-bond acceptors (Lipinski definition) is 4. The highest BCUT2D eigenvalue weighted by atomic mass is 16.5. The van der Waals surface area contributed by atoms with Crippen LogP contribution in [0.15, 0.2) is 12.7 Å². The molecular weight excluding hydrogens is 208 g/mol. The van der Waals surface area contributed by atoms with Crippen molar-refractivity contribution in [1.82, 2.24) is 0 Å². The second kappa shape index (κ2) is 8.95. The van der Waals surface area contributed by atoms with Gasteiger partial charge in [0.25, 0.3) is 0 Å². The molecule has 0 aromatic heterocycles. The maximum Gasteiger partial charge on any atom is 0.330 e. The Morgan fingerprint density at radius 3 is 2.25 bits per heavy atom. The molecule has 0 aromatic rings. The topological polar surface area (TPSA) is 52.6 Å². The van der Waals surface area contributed by atoms with E-state index >= 15 is 0 Å². The van der Waals surface area contributed by atoms with Crippen LogP contribution in [0.25, 0.3) is 0 Å². The summed E-state index contributed by atoms with van der Waals surface area (Å²) >= 11 is 0. The van der Waals surface area contributed by atoms with Gasteiger partial charge in [-0.25, -0.2) is 4.79 Å². The SMILES string of the molecule is C=CC(=O)OCCCCOC(=O)CC(C)C. The standard InChI is InChI=1S/C12H20O4/c1-4-11(13)15-7-5-6-8-16-12(14)9-10(2)3/h4,10H,1,5-9H2,2-3H3. The first-order valence-corrected chi connectivity index (χ1v) is 5.51. The van der Waals surface area contributed by atoms with E-state index < -0.39 is 5.97 Å². The van der Waals surface area contributed by atoms with E-state index in [1.54, 1.807) is 0 Å². The Labute approximate surface area is 96.6 Å². The van der Waals surface area contributed by atoms with Gasteiger partial charge in [-0.2, -0.15) is 0 Å². The van der Waals surface area contributed by atoms with Crippen LogP contribution in [0.1, 0.15) is 33.1 Å². The number of rotatable bonds is 8. The van der Waals surface area contributed by atoms with E-state index in [0.29, 0.717) is 38.4 Å². The summed E-state index contributed by atoms with van der Waals surface area (Å²) < 4.78 is 9.75. The van der Waals surface area contributed by atoms with E-state index in [-0.39, 0.29) is 5.97 Å². The van der Waals surface area contributed by atoms with Crippen LogP contribution in [0, 0.1) is 5.92 Å². The van der Waals surface area contributed by atoms with Gasteiger partial charge >= 0.3 is 11.9 Å². The molecule has 0 aliphatic rings. The van der Waals surface area contributed by atoms with E-state index in [2.05, 4.69) is 6.58 Å². The van der Waals surface area contributed by atoms with Crippen LogP contribution < -0.4 is 0 Å². The number of ether oxygens (including phenoxy) is 2. The summed E-state index contributed by atoms with van der Waals surface area (Å²) in [5, 5.41) is 0. The first kappa shape index (κ1) is 14.7. The first-order valence-electron chi connectivity index (χ1n) is 5.51. The molecule has 0 rings (SSSR count). The molecule has 0 amide bonds. The van der Waals surface area contributed by atoms with Crippen molar-refractivity contribution in [2.75, 3.05) is 13.2 Å². The lowest BCUT2D eigenvalue weighted by atomic mass is 10.1. The van der Waals surface area contributed by atoms with E-state index in [1.807, 2.05) is 13.8 Å². The largest absolute Gasteiger partial charge is 0.466 e. The quantitative estimate of drug-likeness (QED) is 0.362. The molecule has 0 spiro atoms. The Balaban J connectivity index is 3.30. The minimum Gasteiger partial charge on any atom is -0.466 e. The van der Waals surface area contributed by atoms with Crippen LogP contribution >= 0.6 is 0 Å². The van der Waals surface area contributed by atoms with Gasteiger partial charge in [-0.3, -0.25) is 4.79 Å². The first-order chi connectivity index (χ1) is 7.56. The number of carbonyl (C=O) groups excluding carboxylic acids is 2. The molecule has 4 heteroatoms. The van der Waals surface area contributed by atoms with Gasteiger partial charge < -0.3 is 9.47 Å². The average molecular weight is 228 g/mol. The molecule has 0 saturated carbocycles. The lowest BCUT2D eigenvalue weighted by molar-refractivity contribution is -0.145. The third kappa shape index (κ3) is 9.24. The van der Waals surface area contributed by atoms with Gasteiger partial charge in [0.15, 0.2) is 0 Å². The maximum absolute atomic E-state index is 11.1. The molecular formula is C12H20O4. The Kier molecular flexibility index (Phi) is 8.21. The molecule has 0 heterocycles. The predicted molar refractivity (Wildman–Crippen MR) is 60.8 cm³/mol. The fourth-order valence-corrected chi connectivity index (χ4v) is 1.01. The van der Waals surface area contributed by atoms with Crippen molar-refractivity contribution in [3.8, 4) is 0 Å². The maximum atomic E-state index is 11.1. The smallest absolute Gasteiger partial charge is 0.330 e. The summed E-state index contributed by atoms with van der Waals surface area (Å²) in [5.74, 6) is -0.268. The summed E-state index contributed by atoms with van der Waals surface area (Å²) in [5.41, 5.74) is 0. The third-order valence-electron chi connectivity index (χ3n) is 1.79. The fourth-order valence-electron chi connectivity index (χ4n) is 1.01. The average Bonchev–Trinajstić information content (AvgIpc) is 2.21. The van der Waals surface area contributed by atoms with E-state index in [4.69, 9.17) is 9.47 Å². The summed E-state index contributed by atoms with van der Waals surface area (Å²) in [6.45, 7) is 7.94. The Hall–Kier alpha value is -1.32. The Morgan fingerprint density at radius 1 is 1.19 bits per heavy atom. The van der Waals surface area contributed by atoms with Crippen LogP contribution in [0.2, 0.25) is 0 Å². The zero-order valence-corrected chi connectivity index (χ0v) is 10.0. The molecule has 16 heavy (non-hydrogen) atoms. The third-order valence-corrected chi connectivity index (χ3v) is 1.79. The molecule has 92 valence electrons. The van der Waals surface area contributed by atoms with Crippen molar-refractivity contribution in [3.63, 3.8) is 0 Å². The van der Waals surface area contributed by atoms with E-state index in [9.17, 15) is 9.59 Å². The van der Waals surface area contributed by atoms with Crippen molar-refractivity contribution in [1.29, 1.82) is 0 Å².